The van der Waals surface area contributed by atoms with Crippen molar-refractivity contribution in [2.75, 3.05) is 0 Å². The van der Waals surface area contributed by atoms with Crippen molar-refractivity contribution in [2.24, 2.45) is 0 Å². The Kier molecular flexibility index (Phi) is 19.2. The number of pyridine rings is 2. The molecule has 0 aliphatic heterocycles. The quantitative estimate of drug-likeness (QED) is 0.0551. The van der Waals surface area contributed by atoms with E-state index in [1.54, 1.807) is 12.4 Å². The Labute approximate surface area is 351 Å². The van der Waals surface area contributed by atoms with E-state index >= 15 is 0 Å². The van der Waals surface area contributed by atoms with Crippen molar-refractivity contribution in [1.29, 1.82) is 0 Å². The largest absolute Gasteiger partial charge is 2.00 e. The Hall–Kier alpha value is -5.61. The van der Waals surface area contributed by atoms with Crippen LogP contribution in [0.1, 0.15) is 0 Å². The van der Waals surface area contributed by atoms with Crippen LogP contribution >= 0.6 is 15.8 Å². The number of benzene rings is 7. The van der Waals surface area contributed by atoms with Gasteiger partial charge in [-0.3, -0.25) is 9.97 Å². The summed E-state index contributed by atoms with van der Waals surface area (Å²) in [6.07, 6.45) is 3.60. The normalized spacial score (nSPS) is 9.79. The summed E-state index contributed by atoms with van der Waals surface area (Å²) in [5, 5.41) is 10.9. The molecule has 0 spiro atoms. The van der Waals surface area contributed by atoms with E-state index in [9.17, 15) is 0 Å². The first-order chi connectivity index (χ1) is 27.8. The molecule has 57 heavy (non-hydrogen) atoms. The summed E-state index contributed by atoms with van der Waals surface area (Å²) < 4.78 is 15.0. The maximum Gasteiger partial charge on any atom is 2.00 e. The van der Waals surface area contributed by atoms with Crippen LogP contribution in [-0.2, 0) is 30.4 Å². The molecule has 0 radical (unpaired) electrons. The summed E-state index contributed by atoms with van der Waals surface area (Å²) in [5.74, 6) is 0. The summed E-state index contributed by atoms with van der Waals surface area (Å²) in [5.41, 5.74) is 1.95. The van der Waals surface area contributed by atoms with Crippen LogP contribution in [0, 0.1) is 13.3 Å². The maximum absolute atomic E-state index is 7.50. The zero-order chi connectivity index (χ0) is 39.2. The summed E-state index contributed by atoms with van der Waals surface area (Å²) >= 11 is 0. The average molecular weight is 859 g/mol. The van der Waals surface area contributed by atoms with Gasteiger partial charge in [0.2, 0.25) is 0 Å². The minimum Gasteiger partial charge on any atom is -0.254 e. The molecule has 0 N–H and O–H groups in total. The Morgan fingerprint density at radius 2 is 0.491 bits per heavy atom. The Balaban J connectivity index is 0.000000182. The van der Waals surface area contributed by atoms with E-state index < -0.39 is 15.8 Å². The van der Waals surface area contributed by atoms with E-state index in [0.717, 1.165) is 21.8 Å². The van der Waals surface area contributed by atoms with Gasteiger partial charge in [-0.2, -0.15) is 0 Å². The van der Waals surface area contributed by atoms with Crippen molar-refractivity contribution in [1.82, 2.24) is 9.97 Å². The van der Waals surface area contributed by atoms with Crippen molar-refractivity contribution in [3.05, 3.63) is 244 Å². The first-order valence-electron chi connectivity index (χ1n) is 17.9. The number of nitrogens with zero attached hydrogens (tertiary/aromatic N) is 2. The molecular weight excluding hydrogens is 818 g/mol. The van der Waals surface area contributed by atoms with Crippen LogP contribution in [0.25, 0.3) is 21.8 Å². The van der Waals surface area contributed by atoms with E-state index in [0.29, 0.717) is 0 Å². The van der Waals surface area contributed by atoms with E-state index in [1.165, 1.54) is 31.8 Å². The van der Waals surface area contributed by atoms with Gasteiger partial charge < -0.3 is 0 Å². The number of fused-ring (bicyclic) bond motifs is 3. The smallest absolute Gasteiger partial charge is 0.254 e. The molecule has 7 aromatic carbocycles. The predicted molar refractivity (Wildman–Crippen MR) is 238 cm³/mol. The zero-order valence-corrected chi connectivity index (χ0v) is 35.1. The Morgan fingerprint density at radius 3 is 0.702 bits per heavy atom. The van der Waals surface area contributed by atoms with Crippen molar-refractivity contribution >= 4 is 69.5 Å². The van der Waals surface area contributed by atoms with Crippen molar-refractivity contribution in [3.8, 4) is 0 Å². The molecule has 7 heteroatoms. The fourth-order valence-corrected chi connectivity index (χ4v) is 11.5. The van der Waals surface area contributed by atoms with Gasteiger partial charge in [-0.05, 0) is 84.9 Å². The Bertz CT molecular complexity index is 2140. The third kappa shape index (κ3) is 12.4. The second-order valence-electron chi connectivity index (χ2n) is 12.2. The molecule has 0 aliphatic carbocycles. The SMILES string of the molecule is [C-]#[O+].[C-]#[O+].[Mo+2].c1ccc([PH+](c2ccccc2)c2ccccc2)cc1.c1ccc([PH+](c2ccccc2)c2ccccc2)cc1.c1cnc2c(c1)ccc1cccnc12. The van der Waals surface area contributed by atoms with Gasteiger partial charge in [-0.25, -0.2) is 0 Å². The minimum absolute atomic E-state index is 0. The van der Waals surface area contributed by atoms with Crippen LogP contribution < -0.4 is 31.8 Å². The van der Waals surface area contributed by atoms with Crippen LogP contribution in [0.3, 0.4) is 0 Å². The summed E-state index contributed by atoms with van der Waals surface area (Å²) in [4.78, 5) is 8.69. The first-order valence-corrected chi connectivity index (χ1v) is 20.9. The second-order valence-corrected chi connectivity index (χ2v) is 17.1. The fraction of sp³-hybridized carbons (Fsp3) is 0. The molecule has 0 bridgehead atoms. The van der Waals surface area contributed by atoms with Gasteiger partial charge in [0, 0.05) is 23.2 Å². The van der Waals surface area contributed by atoms with Gasteiger partial charge in [-0.15, -0.1) is 0 Å². The van der Waals surface area contributed by atoms with E-state index in [-0.39, 0.29) is 21.1 Å². The molecule has 2 aromatic heterocycles. The van der Waals surface area contributed by atoms with Crippen LogP contribution in [0.15, 0.2) is 231 Å². The molecular formula is C50H40MoN2O2P2+4. The molecule has 0 atom stereocenters. The minimum atomic E-state index is -0.877. The Morgan fingerprint density at radius 1 is 0.281 bits per heavy atom. The molecule has 0 aliphatic rings. The average Bonchev–Trinajstić information content (AvgIpc) is 3.31. The first kappa shape index (κ1) is 44.1. The third-order valence-electron chi connectivity index (χ3n) is 8.72. The molecule has 9 rings (SSSR count). The van der Waals surface area contributed by atoms with Crippen LogP contribution in [0.5, 0.6) is 0 Å². The van der Waals surface area contributed by atoms with Gasteiger partial charge in [0.1, 0.15) is 31.8 Å². The molecule has 0 unspecified atom stereocenters. The monoisotopic (exact) mass is 860 g/mol. The molecule has 0 fully saturated rings. The fourth-order valence-electron chi connectivity index (χ4n) is 6.31. The predicted octanol–water partition coefficient (Wildman–Crippen LogP) is 9.06. The standard InChI is InChI=1S/2C18H15P.C12H8N2.2CO.Mo/c2*1-4-10-16(11-5-1)19(17-12-6-2-7-13-17)18-14-8-3-9-15-18;1-3-9-5-6-10-4-2-8-14-12(10)11(9)13-7-1;2*1-2;/h2*1-15H;1-8H;;;/q;;;;;+2/p+2. The van der Waals surface area contributed by atoms with E-state index in [1.807, 2.05) is 12.1 Å². The molecule has 9 aromatic rings. The van der Waals surface area contributed by atoms with Crippen molar-refractivity contribution in [3.63, 3.8) is 0 Å². The molecule has 4 nitrogen and oxygen atoms in total. The number of hydrogen-bond acceptors (Lipinski definition) is 2. The van der Waals surface area contributed by atoms with Crippen LogP contribution in [0.2, 0.25) is 0 Å². The van der Waals surface area contributed by atoms with Gasteiger partial charge >= 0.3 is 43.7 Å². The summed E-state index contributed by atoms with van der Waals surface area (Å²) in [6.45, 7) is 9.00. The van der Waals surface area contributed by atoms with E-state index in [4.69, 9.17) is 9.30 Å². The number of aromatic nitrogens is 2. The third-order valence-corrected chi connectivity index (χ3v) is 14.2. The van der Waals surface area contributed by atoms with Crippen LogP contribution in [-0.4, -0.2) is 9.97 Å². The molecule has 0 saturated carbocycles. The van der Waals surface area contributed by atoms with Gasteiger partial charge in [-0.1, -0.05) is 133 Å². The van der Waals surface area contributed by atoms with Gasteiger partial charge in [0.25, 0.3) is 0 Å². The number of rotatable bonds is 6. The van der Waals surface area contributed by atoms with Crippen molar-refractivity contribution in [2.45, 2.75) is 0 Å². The van der Waals surface area contributed by atoms with Gasteiger partial charge in [0.05, 0.1) is 26.9 Å². The molecule has 274 valence electrons. The van der Waals surface area contributed by atoms with Crippen LogP contribution in [0.4, 0.5) is 0 Å². The maximum atomic E-state index is 7.50. The topological polar surface area (TPSA) is 65.6 Å². The van der Waals surface area contributed by atoms with Gasteiger partial charge in [0.15, 0.2) is 0 Å². The summed E-state index contributed by atoms with van der Waals surface area (Å²) in [6, 6.07) is 77.1. The zero-order valence-electron chi connectivity index (χ0n) is 31.1. The molecule has 2 heterocycles. The summed E-state index contributed by atoms with van der Waals surface area (Å²) in [7, 11) is -1.75. The van der Waals surface area contributed by atoms with E-state index in [2.05, 4.69) is 230 Å². The second kappa shape index (κ2) is 24.8. The van der Waals surface area contributed by atoms with Crippen molar-refractivity contribution < 1.29 is 30.4 Å². The molecule has 0 saturated heterocycles. The number of hydrogen-bond donors (Lipinski definition) is 0. The molecule has 0 amide bonds.